The van der Waals surface area contributed by atoms with Gasteiger partial charge < -0.3 is 10.8 Å². The molecule has 4 fully saturated rings. The topological polar surface area (TPSA) is 46.2 Å². The van der Waals surface area contributed by atoms with E-state index in [0.29, 0.717) is 0 Å². The molecule has 0 aromatic carbocycles. The third-order valence-electron chi connectivity index (χ3n) is 6.15. The van der Waals surface area contributed by atoms with E-state index in [1.165, 1.54) is 25.7 Å². The molecule has 0 aliphatic heterocycles. The van der Waals surface area contributed by atoms with Gasteiger partial charge in [0.05, 0.1) is 5.60 Å². The van der Waals surface area contributed by atoms with Crippen LogP contribution in [0.5, 0.6) is 0 Å². The zero-order valence-corrected chi connectivity index (χ0v) is 9.99. The standard InChI is InChI=1S/C14H23NO/c15-14(11-1-2-11)4-3-13(16)7-9-5-10(8-13)12(14)6-9/h9-12,16H,1-8,15H2. The van der Waals surface area contributed by atoms with Gasteiger partial charge in [-0.25, -0.2) is 0 Å². The maximum atomic E-state index is 10.7. The molecule has 90 valence electrons. The Hall–Kier alpha value is -0.0800. The Labute approximate surface area is 97.6 Å². The molecule has 0 radical (unpaired) electrons. The van der Waals surface area contributed by atoms with Gasteiger partial charge in [-0.05, 0) is 75.0 Å². The Morgan fingerprint density at radius 1 is 1.06 bits per heavy atom. The first-order valence-electron chi connectivity index (χ1n) is 7.10. The minimum atomic E-state index is -0.335. The summed E-state index contributed by atoms with van der Waals surface area (Å²) in [5.74, 6) is 3.06. The Morgan fingerprint density at radius 2 is 1.88 bits per heavy atom. The van der Waals surface area contributed by atoms with Crippen molar-refractivity contribution >= 4 is 0 Å². The van der Waals surface area contributed by atoms with Crippen molar-refractivity contribution in [2.24, 2.45) is 29.4 Å². The summed E-state index contributed by atoms with van der Waals surface area (Å²) >= 11 is 0. The summed E-state index contributed by atoms with van der Waals surface area (Å²) in [7, 11) is 0. The second-order valence-corrected chi connectivity index (χ2v) is 7.22. The molecular formula is C14H23NO. The molecule has 3 bridgehead atoms. The van der Waals surface area contributed by atoms with E-state index in [4.69, 9.17) is 5.73 Å². The van der Waals surface area contributed by atoms with Crippen LogP contribution in [-0.4, -0.2) is 16.2 Å². The second kappa shape index (κ2) is 2.84. The number of aliphatic hydroxyl groups is 1. The van der Waals surface area contributed by atoms with Gasteiger partial charge in [-0.3, -0.25) is 0 Å². The van der Waals surface area contributed by atoms with E-state index >= 15 is 0 Å². The molecule has 5 unspecified atom stereocenters. The molecule has 4 saturated carbocycles. The number of hydrogen-bond acceptors (Lipinski definition) is 2. The van der Waals surface area contributed by atoms with Crippen LogP contribution in [-0.2, 0) is 0 Å². The molecule has 4 aliphatic rings. The number of nitrogens with two attached hydrogens (primary N) is 1. The van der Waals surface area contributed by atoms with Crippen LogP contribution in [0.3, 0.4) is 0 Å². The number of rotatable bonds is 1. The van der Waals surface area contributed by atoms with Crippen molar-refractivity contribution in [1.82, 2.24) is 0 Å². The van der Waals surface area contributed by atoms with E-state index in [0.717, 1.165) is 49.4 Å². The highest BCUT2D eigenvalue weighted by molar-refractivity contribution is 5.13. The maximum absolute atomic E-state index is 10.7. The molecule has 2 nitrogen and oxygen atoms in total. The summed E-state index contributed by atoms with van der Waals surface area (Å²) in [5, 5.41) is 10.7. The third-order valence-corrected chi connectivity index (χ3v) is 6.15. The van der Waals surface area contributed by atoms with E-state index in [2.05, 4.69) is 0 Å². The minimum absolute atomic E-state index is 0.102. The Kier molecular flexibility index (Phi) is 1.76. The molecule has 4 rings (SSSR count). The van der Waals surface area contributed by atoms with Crippen LogP contribution in [0.2, 0.25) is 0 Å². The van der Waals surface area contributed by atoms with Gasteiger partial charge in [0, 0.05) is 5.54 Å². The van der Waals surface area contributed by atoms with Crippen molar-refractivity contribution in [2.45, 2.75) is 62.5 Å². The van der Waals surface area contributed by atoms with Gasteiger partial charge in [-0.15, -0.1) is 0 Å². The highest BCUT2D eigenvalue weighted by Crippen LogP contribution is 2.61. The van der Waals surface area contributed by atoms with Gasteiger partial charge in [0.1, 0.15) is 0 Å². The lowest BCUT2D eigenvalue weighted by molar-refractivity contribution is -0.0255. The molecule has 4 aliphatic carbocycles. The first kappa shape index (κ1) is 9.90. The molecule has 0 aromatic rings. The van der Waals surface area contributed by atoms with Gasteiger partial charge in [0.15, 0.2) is 0 Å². The quantitative estimate of drug-likeness (QED) is 0.712. The molecule has 3 N–H and O–H groups in total. The monoisotopic (exact) mass is 221 g/mol. The van der Waals surface area contributed by atoms with E-state index in [9.17, 15) is 5.11 Å². The molecule has 16 heavy (non-hydrogen) atoms. The van der Waals surface area contributed by atoms with Gasteiger partial charge >= 0.3 is 0 Å². The lowest BCUT2D eigenvalue weighted by Crippen LogP contribution is -2.50. The summed E-state index contributed by atoms with van der Waals surface area (Å²) in [6.07, 6.45) is 9.57. The highest BCUT2D eigenvalue weighted by Gasteiger charge is 2.59. The van der Waals surface area contributed by atoms with Crippen molar-refractivity contribution in [3.05, 3.63) is 0 Å². The molecule has 0 heterocycles. The molecule has 0 amide bonds. The summed E-state index contributed by atoms with van der Waals surface area (Å²) in [6, 6.07) is 0. The first-order chi connectivity index (χ1) is 7.59. The van der Waals surface area contributed by atoms with Crippen LogP contribution < -0.4 is 5.73 Å². The van der Waals surface area contributed by atoms with Crippen LogP contribution in [0.4, 0.5) is 0 Å². The van der Waals surface area contributed by atoms with Gasteiger partial charge in [0.25, 0.3) is 0 Å². The maximum Gasteiger partial charge on any atom is 0.0654 e. The lowest BCUT2D eigenvalue weighted by Gasteiger charge is -2.38. The zero-order chi connectivity index (χ0) is 11.0. The fourth-order valence-corrected chi connectivity index (χ4v) is 5.37. The van der Waals surface area contributed by atoms with Crippen LogP contribution in [0, 0.1) is 23.7 Å². The van der Waals surface area contributed by atoms with E-state index in [1.807, 2.05) is 0 Å². The van der Waals surface area contributed by atoms with Crippen molar-refractivity contribution in [1.29, 1.82) is 0 Å². The van der Waals surface area contributed by atoms with Crippen molar-refractivity contribution in [3.8, 4) is 0 Å². The van der Waals surface area contributed by atoms with Gasteiger partial charge in [-0.1, -0.05) is 0 Å². The summed E-state index contributed by atoms with van der Waals surface area (Å²) in [5.41, 5.74) is 6.55. The molecule has 0 aromatic heterocycles. The van der Waals surface area contributed by atoms with E-state index in [-0.39, 0.29) is 11.1 Å². The Morgan fingerprint density at radius 3 is 2.62 bits per heavy atom. The largest absolute Gasteiger partial charge is 0.390 e. The molecule has 0 saturated heterocycles. The van der Waals surface area contributed by atoms with E-state index < -0.39 is 0 Å². The Balaban J connectivity index is 1.74. The van der Waals surface area contributed by atoms with Crippen molar-refractivity contribution in [3.63, 3.8) is 0 Å². The second-order valence-electron chi connectivity index (χ2n) is 7.22. The van der Waals surface area contributed by atoms with Crippen LogP contribution >= 0.6 is 0 Å². The fraction of sp³-hybridized carbons (Fsp3) is 1.00. The third kappa shape index (κ3) is 1.20. The predicted molar refractivity (Wildman–Crippen MR) is 62.8 cm³/mol. The van der Waals surface area contributed by atoms with Crippen LogP contribution in [0.15, 0.2) is 0 Å². The average Bonchev–Trinajstić information content (AvgIpc) is 3.01. The van der Waals surface area contributed by atoms with E-state index in [1.54, 1.807) is 0 Å². The highest BCUT2D eigenvalue weighted by atomic mass is 16.3. The first-order valence-corrected chi connectivity index (χ1v) is 7.10. The summed E-state index contributed by atoms with van der Waals surface area (Å²) in [6.45, 7) is 0. The fourth-order valence-electron chi connectivity index (χ4n) is 5.37. The number of hydrogen-bond donors (Lipinski definition) is 2. The summed E-state index contributed by atoms with van der Waals surface area (Å²) < 4.78 is 0. The van der Waals surface area contributed by atoms with Gasteiger partial charge in [-0.2, -0.15) is 0 Å². The normalized spacial score (nSPS) is 60.0. The lowest BCUT2D eigenvalue weighted by atomic mass is 9.73. The van der Waals surface area contributed by atoms with Gasteiger partial charge in [0.2, 0.25) is 0 Å². The average molecular weight is 221 g/mol. The molecule has 2 heteroatoms. The molecule has 0 spiro atoms. The molecule has 5 atom stereocenters. The SMILES string of the molecule is NC1(C2CC2)CCC2(O)CC3CC(C2)C1C3. The summed E-state index contributed by atoms with van der Waals surface area (Å²) in [4.78, 5) is 0. The smallest absolute Gasteiger partial charge is 0.0654 e. The minimum Gasteiger partial charge on any atom is -0.390 e. The number of fused-ring (bicyclic) bond motifs is 2. The zero-order valence-electron chi connectivity index (χ0n) is 9.99. The predicted octanol–water partition coefficient (Wildman–Crippen LogP) is 2.05. The van der Waals surface area contributed by atoms with Crippen molar-refractivity contribution < 1.29 is 5.11 Å². The van der Waals surface area contributed by atoms with Crippen molar-refractivity contribution in [2.75, 3.05) is 0 Å². The Bertz CT molecular complexity index is 327. The van der Waals surface area contributed by atoms with Crippen LogP contribution in [0.1, 0.15) is 51.4 Å². The van der Waals surface area contributed by atoms with Crippen LogP contribution in [0.25, 0.3) is 0 Å². The molecular weight excluding hydrogens is 198 g/mol.